The van der Waals surface area contributed by atoms with Crippen LogP contribution in [0.25, 0.3) is 16.7 Å². The molecule has 0 radical (unpaired) electrons. The van der Waals surface area contributed by atoms with Crippen LogP contribution in [0.3, 0.4) is 0 Å². The van der Waals surface area contributed by atoms with Gasteiger partial charge in [-0.15, -0.1) is 0 Å². The maximum atomic E-state index is 11.5. The van der Waals surface area contributed by atoms with Crippen molar-refractivity contribution >= 4 is 34.8 Å². The molecule has 3 heterocycles. The molecular formula is C19H16ClN7O. The minimum Gasteiger partial charge on any atom is -0.291 e. The normalized spacial score (nSPS) is 11.4. The van der Waals surface area contributed by atoms with Crippen LogP contribution in [0.15, 0.2) is 52.4 Å². The smallest absolute Gasteiger partial charge is 0.252 e. The third kappa shape index (κ3) is 3.49. The first kappa shape index (κ1) is 17.9. The van der Waals surface area contributed by atoms with E-state index in [0.717, 1.165) is 16.8 Å². The number of halogens is 1. The minimum absolute atomic E-state index is 0.250. The van der Waals surface area contributed by atoms with Crippen molar-refractivity contribution in [1.29, 1.82) is 0 Å². The summed E-state index contributed by atoms with van der Waals surface area (Å²) in [5.74, 6) is 0.250. The summed E-state index contributed by atoms with van der Waals surface area (Å²) in [4.78, 5) is 22.7. The molecule has 0 atom stereocenters. The fourth-order valence-electron chi connectivity index (χ4n) is 2.81. The van der Waals surface area contributed by atoms with Gasteiger partial charge in [0.25, 0.3) is 5.56 Å². The number of rotatable bonds is 4. The van der Waals surface area contributed by atoms with Gasteiger partial charge in [-0.3, -0.25) is 9.78 Å². The first-order valence-electron chi connectivity index (χ1n) is 8.49. The monoisotopic (exact) mass is 393 g/mol. The van der Waals surface area contributed by atoms with Gasteiger partial charge < -0.3 is 0 Å². The second-order valence-corrected chi connectivity index (χ2v) is 6.54. The third-order valence-corrected chi connectivity index (χ3v) is 4.37. The van der Waals surface area contributed by atoms with Gasteiger partial charge in [-0.1, -0.05) is 29.8 Å². The largest absolute Gasteiger partial charge is 0.291 e. The van der Waals surface area contributed by atoms with E-state index in [-0.39, 0.29) is 11.5 Å². The number of fused-ring (bicyclic) bond motifs is 1. The van der Waals surface area contributed by atoms with E-state index >= 15 is 0 Å². The Morgan fingerprint density at radius 2 is 1.96 bits per heavy atom. The zero-order valence-electron chi connectivity index (χ0n) is 15.1. The molecule has 0 fully saturated rings. The van der Waals surface area contributed by atoms with Crippen LogP contribution in [-0.4, -0.2) is 30.9 Å². The number of aryl methyl sites for hydroxylation is 2. The van der Waals surface area contributed by atoms with Crippen LogP contribution >= 0.6 is 11.6 Å². The Morgan fingerprint density at radius 1 is 1.18 bits per heavy atom. The topological polar surface area (TPSA) is 101 Å². The van der Waals surface area contributed by atoms with Gasteiger partial charge in [0.15, 0.2) is 5.65 Å². The molecule has 0 saturated carbocycles. The van der Waals surface area contributed by atoms with Crippen LogP contribution in [0, 0.1) is 13.8 Å². The van der Waals surface area contributed by atoms with Crippen molar-refractivity contribution in [3.05, 3.63) is 74.9 Å². The van der Waals surface area contributed by atoms with Crippen LogP contribution in [0.2, 0.25) is 5.15 Å². The number of benzene rings is 1. The summed E-state index contributed by atoms with van der Waals surface area (Å²) in [6, 6.07) is 13.0. The van der Waals surface area contributed by atoms with Crippen molar-refractivity contribution in [2.45, 2.75) is 13.8 Å². The summed E-state index contributed by atoms with van der Waals surface area (Å²) >= 11 is 6.36. The molecule has 0 aliphatic rings. The quantitative estimate of drug-likeness (QED) is 0.315. The number of anilines is 1. The molecule has 0 amide bonds. The number of aromatic amines is 1. The molecule has 28 heavy (non-hydrogen) atoms. The highest BCUT2D eigenvalue weighted by Crippen LogP contribution is 2.24. The molecular weight excluding hydrogens is 378 g/mol. The van der Waals surface area contributed by atoms with E-state index in [1.54, 1.807) is 11.6 Å². The van der Waals surface area contributed by atoms with Crippen LogP contribution in [0.5, 0.6) is 0 Å². The molecule has 0 saturated heterocycles. The van der Waals surface area contributed by atoms with E-state index in [9.17, 15) is 4.79 Å². The van der Waals surface area contributed by atoms with Crippen molar-refractivity contribution in [3.8, 4) is 5.69 Å². The Morgan fingerprint density at radius 3 is 2.71 bits per heavy atom. The summed E-state index contributed by atoms with van der Waals surface area (Å²) in [5, 5.41) is 9.84. The maximum Gasteiger partial charge on any atom is 0.252 e. The number of nitrogens with one attached hydrogen (secondary N) is 2. The molecule has 4 aromatic rings. The van der Waals surface area contributed by atoms with Crippen molar-refractivity contribution in [3.63, 3.8) is 0 Å². The van der Waals surface area contributed by atoms with Crippen LogP contribution in [-0.2, 0) is 0 Å². The number of H-pyrrole nitrogens is 1. The molecule has 140 valence electrons. The molecule has 2 N–H and O–H groups in total. The first-order chi connectivity index (χ1) is 13.5. The average molecular weight is 394 g/mol. The maximum absolute atomic E-state index is 11.5. The molecule has 0 unspecified atom stereocenters. The predicted molar refractivity (Wildman–Crippen MR) is 109 cm³/mol. The summed E-state index contributed by atoms with van der Waals surface area (Å²) in [5.41, 5.74) is 6.05. The molecule has 1 aromatic carbocycles. The zero-order chi connectivity index (χ0) is 19.7. The van der Waals surface area contributed by atoms with Gasteiger partial charge in [-0.2, -0.15) is 10.2 Å². The third-order valence-electron chi connectivity index (χ3n) is 4.07. The van der Waals surface area contributed by atoms with Crippen LogP contribution in [0.1, 0.15) is 17.0 Å². The molecule has 0 spiro atoms. The Labute approximate surface area is 164 Å². The van der Waals surface area contributed by atoms with Gasteiger partial charge >= 0.3 is 0 Å². The highest BCUT2D eigenvalue weighted by molar-refractivity contribution is 6.32. The van der Waals surface area contributed by atoms with Gasteiger partial charge in [0.2, 0.25) is 5.95 Å². The number of hydrazone groups is 1. The SMILES string of the molecule is Cc1cc(=O)[nH]c(N/N=C/c2cc3c(C)nn(-c4ccccc4)c3nc2Cl)n1. The van der Waals surface area contributed by atoms with Gasteiger partial charge in [-0.05, 0) is 32.0 Å². The number of para-hydroxylation sites is 1. The highest BCUT2D eigenvalue weighted by Gasteiger charge is 2.13. The molecule has 3 aromatic heterocycles. The van der Waals surface area contributed by atoms with Crippen molar-refractivity contribution < 1.29 is 0 Å². The van der Waals surface area contributed by atoms with E-state index in [0.29, 0.717) is 22.1 Å². The second kappa shape index (κ2) is 7.24. The van der Waals surface area contributed by atoms with Gasteiger partial charge in [0.05, 0.1) is 17.6 Å². The number of pyridine rings is 1. The van der Waals surface area contributed by atoms with Gasteiger partial charge in [-0.25, -0.2) is 20.1 Å². The van der Waals surface area contributed by atoms with Crippen LogP contribution < -0.4 is 11.0 Å². The average Bonchev–Trinajstić information content (AvgIpc) is 2.97. The number of hydrogen-bond acceptors (Lipinski definition) is 6. The lowest BCUT2D eigenvalue weighted by molar-refractivity contribution is 0.878. The molecule has 0 bridgehead atoms. The molecule has 9 heteroatoms. The van der Waals surface area contributed by atoms with Gasteiger partial charge in [0.1, 0.15) is 5.15 Å². The second-order valence-electron chi connectivity index (χ2n) is 6.18. The lowest BCUT2D eigenvalue weighted by atomic mass is 10.2. The molecule has 0 aliphatic carbocycles. The van der Waals surface area contributed by atoms with E-state index in [4.69, 9.17) is 11.6 Å². The Kier molecular flexibility index (Phi) is 4.62. The highest BCUT2D eigenvalue weighted by atomic mass is 35.5. The number of hydrogen-bond donors (Lipinski definition) is 2. The van der Waals surface area contributed by atoms with Gasteiger partial charge in [0, 0.05) is 22.7 Å². The Balaban J connectivity index is 1.68. The number of aromatic nitrogens is 5. The summed E-state index contributed by atoms with van der Waals surface area (Å²) in [7, 11) is 0. The van der Waals surface area contributed by atoms with E-state index < -0.39 is 0 Å². The van der Waals surface area contributed by atoms with Crippen LogP contribution in [0.4, 0.5) is 5.95 Å². The standard InChI is InChI=1S/C19H16ClN7O/c1-11-8-16(28)23-19(22-11)25-21-10-13-9-15-12(2)26-27(18(15)24-17(13)20)14-6-4-3-5-7-14/h3-10H,1-2H3,(H2,22,23,25,28)/b21-10+. The van der Waals surface area contributed by atoms with E-state index in [2.05, 4.69) is 30.6 Å². The van der Waals surface area contributed by atoms with Crippen molar-refractivity contribution in [1.82, 2.24) is 24.7 Å². The Hall–Kier alpha value is -3.52. The first-order valence-corrected chi connectivity index (χ1v) is 8.87. The lowest BCUT2D eigenvalue weighted by Gasteiger charge is -2.04. The van der Waals surface area contributed by atoms with Crippen molar-refractivity contribution in [2.24, 2.45) is 5.10 Å². The molecule has 0 aliphatic heterocycles. The van der Waals surface area contributed by atoms with E-state index in [1.807, 2.05) is 43.3 Å². The van der Waals surface area contributed by atoms with Crippen molar-refractivity contribution in [2.75, 3.05) is 5.43 Å². The lowest BCUT2D eigenvalue weighted by Crippen LogP contribution is -2.10. The van der Waals surface area contributed by atoms with E-state index in [1.165, 1.54) is 12.3 Å². The fraction of sp³-hybridized carbons (Fsp3) is 0.105. The zero-order valence-corrected chi connectivity index (χ0v) is 15.9. The molecule has 8 nitrogen and oxygen atoms in total. The molecule has 4 rings (SSSR count). The summed E-state index contributed by atoms with van der Waals surface area (Å²) in [6.45, 7) is 3.64. The number of nitrogens with zero attached hydrogens (tertiary/aromatic N) is 5. The minimum atomic E-state index is -0.254. The fourth-order valence-corrected chi connectivity index (χ4v) is 2.99. The summed E-state index contributed by atoms with van der Waals surface area (Å²) < 4.78 is 1.76. The summed E-state index contributed by atoms with van der Waals surface area (Å²) in [6.07, 6.45) is 1.52. The predicted octanol–water partition coefficient (Wildman–Crippen LogP) is 3.22. The Bertz CT molecular complexity index is 1240.